The van der Waals surface area contributed by atoms with E-state index in [-0.39, 0.29) is 0 Å². The summed E-state index contributed by atoms with van der Waals surface area (Å²) in [7, 11) is 0. The molecule has 10 rings (SSSR count). The molecule has 0 amide bonds. The summed E-state index contributed by atoms with van der Waals surface area (Å²) >= 11 is 0. The van der Waals surface area contributed by atoms with Crippen LogP contribution in [0.5, 0.6) is 11.5 Å². The van der Waals surface area contributed by atoms with Gasteiger partial charge in [0.1, 0.15) is 17.3 Å². The van der Waals surface area contributed by atoms with Crippen LogP contribution in [0, 0.1) is 11.3 Å². The highest BCUT2D eigenvalue weighted by molar-refractivity contribution is 5.92. The van der Waals surface area contributed by atoms with E-state index in [2.05, 4.69) is 132 Å². The van der Waals surface area contributed by atoms with Gasteiger partial charge in [0.2, 0.25) is 0 Å². The van der Waals surface area contributed by atoms with Gasteiger partial charge in [-0.3, -0.25) is 4.57 Å². The van der Waals surface area contributed by atoms with Crippen molar-refractivity contribution in [3.8, 4) is 56.9 Å². The van der Waals surface area contributed by atoms with Crippen molar-refractivity contribution in [2.75, 3.05) is 0 Å². The third-order valence-electron chi connectivity index (χ3n) is 10.1. The van der Waals surface area contributed by atoms with Crippen molar-refractivity contribution in [3.05, 3.63) is 192 Å². The monoisotopic (exact) mass is 625 g/mol. The molecule has 8 aromatic rings. The Morgan fingerprint density at radius 2 is 1.18 bits per heavy atom. The minimum Gasteiger partial charge on any atom is -0.456 e. The van der Waals surface area contributed by atoms with Crippen molar-refractivity contribution in [1.82, 2.24) is 9.55 Å². The van der Waals surface area contributed by atoms with Gasteiger partial charge in [-0.15, -0.1) is 0 Å². The lowest BCUT2D eigenvalue weighted by atomic mass is 9.65. The number of nitrogens with zero attached hydrogens (tertiary/aromatic N) is 3. The second kappa shape index (κ2) is 10.4. The number of fused-ring (bicyclic) bond motifs is 10. The fourth-order valence-corrected chi connectivity index (χ4v) is 8.07. The Morgan fingerprint density at radius 3 is 1.92 bits per heavy atom. The number of hydrogen-bond donors (Lipinski definition) is 0. The normalized spacial score (nSPS) is 13.2. The van der Waals surface area contributed by atoms with Crippen molar-refractivity contribution >= 4 is 11.0 Å². The molecule has 1 aliphatic carbocycles. The van der Waals surface area contributed by atoms with Crippen molar-refractivity contribution in [2.24, 2.45) is 0 Å². The molecule has 1 spiro atoms. The van der Waals surface area contributed by atoms with E-state index in [9.17, 15) is 5.26 Å². The minimum atomic E-state index is -0.641. The summed E-state index contributed by atoms with van der Waals surface area (Å²) in [5.41, 5.74) is 12.9. The number of aromatic nitrogens is 2. The molecule has 2 heterocycles. The molecule has 49 heavy (non-hydrogen) atoms. The van der Waals surface area contributed by atoms with Crippen LogP contribution in [0.3, 0.4) is 0 Å². The zero-order valence-corrected chi connectivity index (χ0v) is 26.3. The maximum absolute atomic E-state index is 9.65. The third kappa shape index (κ3) is 3.82. The van der Waals surface area contributed by atoms with Gasteiger partial charge in [-0.1, -0.05) is 121 Å². The first-order valence-corrected chi connectivity index (χ1v) is 16.4. The molecule has 1 aliphatic heterocycles. The van der Waals surface area contributed by atoms with Gasteiger partial charge < -0.3 is 4.74 Å². The van der Waals surface area contributed by atoms with Crippen LogP contribution in [0.15, 0.2) is 164 Å². The zero-order valence-electron chi connectivity index (χ0n) is 26.3. The fourth-order valence-electron chi connectivity index (χ4n) is 8.07. The number of imidazole rings is 1. The van der Waals surface area contributed by atoms with E-state index in [0.717, 1.165) is 61.9 Å². The van der Waals surface area contributed by atoms with Gasteiger partial charge in [0.05, 0.1) is 28.1 Å². The molecule has 4 nitrogen and oxygen atoms in total. The van der Waals surface area contributed by atoms with Crippen LogP contribution in [0.4, 0.5) is 0 Å². The molecular weight excluding hydrogens is 599 g/mol. The largest absolute Gasteiger partial charge is 0.456 e. The number of nitriles is 1. The molecule has 4 heteroatoms. The SMILES string of the molecule is N#Cc1ccc(-c2cc(-n3c(-c4ccccc4)nc4ccccc43)cc3c2Oc2ccccc2C32c3ccccc3-c3ccccc32)cc1. The quantitative estimate of drug-likeness (QED) is 0.196. The zero-order chi connectivity index (χ0) is 32.5. The van der Waals surface area contributed by atoms with Crippen molar-refractivity contribution in [2.45, 2.75) is 5.41 Å². The summed E-state index contributed by atoms with van der Waals surface area (Å²) in [6.07, 6.45) is 0. The van der Waals surface area contributed by atoms with Crippen LogP contribution < -0.4 is 4.74 Å². The predicted molar refractivity (Wildman–Crippen MR) is 194 cm³/mol. The van der Waals surface area contributed by atoms with Gasteiger partial charge in [-0.2, -0.15) is 5.26 Å². The predicted octanol–water partition coefficient (Wildman–Crippen LogP) is 10.7. The Labute approximate surface area is 283 Å². The Morgan fingerprint density at radius 1 is 0.551 bits per heavy atom. The lowest BCUT2D eigenvalue weighted by Crippen LogP contribution is -2.32. The Kier molecular flexibility index (Phi) is 5.82. The topological polar surface area (TPSA) is 50.8 Å². The molecule has 0 bridgehead atoms. The number of rotatable bonds is 3. The van der Waals surface area contributed by atoms with Gasteiger partial charge in [0.15, 0.2) is 0 Å². The number of benzene rings is 7. The van der Waals surface area contributed by atoms with Crippen LogP contribution in [-0.2, 0) is 5.41 Å². The molecule has 0 fully saturated rings. The lowest BCUT2D eigenvalue weighted by molar-refractivity contribution is 0.438. The smallest absolute Gasteiger partial charge is 0.145 e. The van der Waals surface area contributed by atoms with Crippen LogP contribution >= 0.6 is 0 Å². The summed E-state index contributed by atoms with van der Waals surface area (Å²) in [5.74, 6) is 2.51. The van der Waals surface area contributed by atoms with Crippen LogP contribution in [0.1, 0.15) is 27.8 Å². The molecule has 2 aliphatic rings. The number of hydrogen-bond acceptors (Lipinski definition) is 3. The summed E-state index contributed by atoms with van der Waals surface area (Å²) in [5, 5.41) is 9.65. The van der Waals surface area contributed by atoms with Gasteiger partial charge >= 0.3 is 0 Å². The first-order valence-electron chi connectivity index (χ1n) is 16.4. The minimum absolute atomic E-state index is 0.613. The highest BCUT2D eigenvalue weighted by Gasteiger charge is 2.51. The molecule has 0 saturated carbocycles. The molecule has 0 N–H and O–H groups in total. The highest BCUT2D eigenvalue weighted by atomic mass is 16.5. The summed E-state index contributed by atoms with van der Waals surface area (Å²) in [6.45, 7) is 0. The third-order valence-corrected chi connectivity index (χ3v) is 10.1. The van der Waals surface area contributed by atoms with Crippen LogP contribution in [-0.4, -0.2) is 9.55 Å². The van der Waals surface area contributed by atoms with Crippen molar-refractivity contribution < 1.29 is 4.74 Å². The van der Waals surface area contributed by atoms with E-state index in [1.165, 1.54) is 22.3 Å². The Balaban J connectivity index is 1.38. The average Bonchev–Trinajstić information content (AvgIpc) is 3.70. The van der Waals surface area contributed by atoms with Gasteiger partial charge in [0, 0.05) is 27.9 Å². The number of para-hydroxylation sites is 3. The van der Waals surface area contributed by atoms with E-state index < -0.39 is 5.41 Å². The molecular formula is C45H27N3O. The summed E-state index contributed by atoms with van der Waals surface area (Å²) in [4.78, 5) is 5.19. The van der Waals surface area contributed by atoms with Crippen LogP contribution in [0.2, 0.25) is 0 Å². The highest BCUT2D eigenvalue weighted by Crippen LogP contribution is 2.63. The van der Waals surface area contributed by atoms with E-state index in [4.69, 9.17) is 9.72 Å². The fraction of sp³-hybridized carbons (Fsp3) is 0.0222. The van der Waals surface area contributed by atoms with E-state index in [0.29, 0.717) is 5.56 Å². The molecule has 1 aromatic heterocycles. The molecule has 0 radical (unpaired) electrons. The van der Waals surface area contributed by atoms with Crippen molar-refractivity contribution in [1.29, 1.82) is 5.26 Å². The first-order chi connectivity index (χ1) is 24.3. The average molecular weight is 626 g/mol. The van der Waals surface area contributed by atoms with Gasteiger partial charge in [-0.25, -0.2) is 4.98 Å². The maximum atomic E-state index is 9.65. The molecule has 0 saturated heterocycles. The Bertz CT molecular complexity index is 2600. The molecule has 7 aromatic carbocycles. The van der Waals surface area contributed by atoms with E-state index in [1.54, 1.807) is 0 Å². The second-order valence-electron chi connectivity index (χ2n) is 12.6. The van der Waals surface area contributed by atoms with Crippen molar-refractivity contribution in [3.63, 3.8) is 0 Å². The second-order valence-corrected chi connectivity index (χ2v) is 12.6. The summed E-state index contributed by atoms with van der Waals surface area (Å²) < 4.78 is 9.30. The molecule has 0 atom stereocenters. The standard InChI is InChI=1S/C45H27N3O/c46-28-29-22-24-30(25-23-29)35-26-32(48-41-20-10-9-19-40(41)47-44(48)31-12-2-1-3-13-31)27-39-43(35)49-42-21-11-8-18-38(42)45(39)36-16-6-4-14-33(36)34-15-5-7-17-37(34)45/h1-27H. The van der Waals surface area contributed by atoms with Crippen LogP contribution in [0.25, 0.3) is 50.4 Å². The summed E-state index contributed by atoms with van der Waals surface area (Å²) in [6, 6.07) is 59.3. The van der Waals surface area contributed by atoms with Gasteiger partial charge in [0.25, 0.3) is 0 Å². The van der Waals surface area contributed by atoms with E-state index >= 15 is 0 Å². The van der Waals surface area contributed by atoms with E-state index in [1.807, 2.05) is 42.5 Å². The molecule has 0 unspecified atom stereocenters. The Hall–Kier alpha value is -6.70. The maximum Gasteiger partial charge on any atom is 0.145 e. The molecule has 228 valence electrons. The van der Waals surface area contributed by atoms with Gasteiger partial charge in [-0.05, 0) is 70.3 Å². The first kappa shape index (κ1) is 27.4. The lowest BCUT2D eigenvalue weighted by Gasteiger charge is -2.40. The number of ether oxygens (including phenoxy) is 1.